The zero-order chi connectivity index (χ0) is 18.0. The van der Waals surface area contributed by atoms with Crippen molar-refractivity contribution in [1.29, 1.82) is 0 Å². The van der Waals surface area contributed by atoms with Crippen molar-refractivity contribution >= 4 is 5.97 Å². The molecule has 138 valence electrons. The number of furan rings is 1. The molecule has 4 rings (SSSR count). The Kier molecular flexibility index (Phi) is 3.75. The van der Waals surface area contributed by atoms with E-state index in [2.05, 4.69) is 0 Å². The Bertz CT molecular complexity index is 652. The molecule has 0 spiro atoms. The summed E-state index contributed by atoms with van der Waals surface area (Å²) in [6.07, 6.45) is -3.13. The van der Waals surface area contributed by atoms with E-state index in [1.54, 1.807) is 33.8 Å². The molecule has 2 saturated heterocycles. The van der Waals surface area contributed by atoms with Crippen molar-refractivity contribution in [2.45, 2.75) is 75.9 Å². The fourth-order valence-electron chi connectivity index (χ4n) is 3.76. The first-order chi connectivity index (χ1) is 11.7. The highest BCUT2D eigenvalue weighted by Crippen LogP contribution is 2.45. The molecular formula is C17H22O8. The fourth-order valence-corrected chi connectivity index (χ4v) is 3.76. The van der Waals surface area contributed by atoms with Crippen molar-refractivity contribution in [3.05, 3.63) is 24.2 Å². The standard InChI is InChI=1S/C17H22O8/c1-16(2)22-11-9(18)10(21-15(19)8-6-5-7-20-8)12-14(13(11)24-16)25-17(3,4)23-12/h5-7,9-14,18H,1-4H3/t9-,10-,11+,12+,13+,14+/m0/s1. The lowest BCUT2D eigenvalue weighted by molar-refractivity contribution is -0.185. The highest BCUT2D eigenvalue weighted by molar-refractivity contribution is 5.86. The largest absolute Gasteiger partial charge is 0.457 e. The Hall–Kier alpha value is -1.45. The molecule has 6 atom stereocenters. The number of hydrogen-bond acceptors (Lipinski definition) is 8. The van der Waals surface area contributed by atoms with E-state index >= 15 is 0 Å². The third-order valence-electron chi connectivity index (χ3n) is 4.61. The summed E-state index contributed by atoms with van der Waals surface area (Å²) >= 11 is 0. The van der Waals surface area contributed by atoms with Crippen molar-refractivity contribution in [2.24, 2.45) is 0 Å². The molecule has 3 aliphatic rings. The van der Waals surface area contributed by atoms with Gasteiger partial charge in [0.05, 0.1) is 6.26 Å². The van der Waals surface area contributed by atoms with Gasteiger partial charge < -0.3 is 33.2 Å². The number of aliphatic hydroxyl groups is 1. The molecule has 1 N–H and O–H groups in total. The summed E-state index contributed by atoms with van der Waals surface area (Å²) in [6, 6.07) is 3.08. The number of fused-ring (bicyclic) bond motifs is 3. The van der Waals surface area contributed by atoms with Crippen LogP contribution in [0, 0.1) is 0 Å². The van der Waals surface area contributed by atoms with Crippen LogP contribution in [0.5, 0.6) is 0 Å². The van der Waals surface area contributed by atoms with E-state index in [0.717, 1.165) is 0 Å². The Labute approximate surface area is 144 Å². The minimum absolute atomic E-state index is 0.0490. The van der Waals surface area contributed by atoms with Gasteiger partial charge in [-0.15, -0.1) is 0 Å². The quantitative estimate of drug-likeness (QED) is 0.792. The third-order valence-corrected chi connectivity index (χ3v) is 4.61. The number of ether oxygens (including phenoxy) is 5. The van der Waals surface area contributed by atoms with E-state index in [9.17, 15) is 9.90 Å². The van der Waals surface area contributed by atoms with Gasteiger partial charge in [-0.25, -0.2) is 4.79 Å². The molecule has 0 aromatic carbocycles. The van der Waals surface area contributed by atoms with Crippen molar-refractivity contribution in [1.82, 2.24) is 0 Å². The first-order valence-electron chi connectivity index (χ1n) is 8.31. The van der Waals surface area contributed by atoms with Crippen LogP contribution in [0.4, 0.5) is 0 Å². The molecule has 0 radical (unpaired) electrons. The van der Waals surface area contributed by atoms with Gasteiger partial charge in [0.15, 0.2) is 17.7 Å². The van der Waals surface area contributed by atoms with Crippen molar-refractivity contribution in [3.63, 3.8) is 0 Å². The average molecular weight is 354 g/mol. The maximum atomic E-state index is 12.3. The number of esters is 1. The highest BCUT2D eigenvalue weighted by Gasteiger charge is 2.64. The van der Waals surface area contributed by atoms with Crippen LogP contribution >= 0.6 is 0 Å². The molecular weight excluding hydrogens is 332 g/mol. The van der Waals surface area contributed by atoms with Gasteiger partial charge in [0, 0.05) is 0 Å². The van der Waals surface area contributed by atoms with Gasteiger partial charge in [-0.2, -0.15) is 0 Å². The maximum Gasteiger partial charge on any atom is 0.374 e. The lowest BCUT2D eigenvalue weighted by Gasteiger charge is -2.40. The Morgan fingerprint density at radius 1 is 1.00 bits per heavy atom. The molecule has 3 fully saturated rings. The molecule has 1 aliphatic carbocycles. The monoisotopic (exact) mass is 354 g/mol. The summed E-state index contributed by atoms with van der Waals surface area (Å²) < 4.78 is 34.2. The summed E-state index contributed by atoms with van der Waals surface area (Å²) in [5.41, 5.74) is 0. The molecule has 0 bridgehead atoms. The van der Waals surface area contributed by atoms with Crippen LogP contribution in [0.2, 0.25) is 0 Å². The van der Waals surface area contributed by atoms with E-state index in [1.165, 1.54) is 12.3 Å². The normalized spacial score (nSPS) is 41.2. The van der Waals surface area contributed by atoms with Gasteiger partial charge in [-0.05, 0) is 39.8 Å². The lowest BCUT2D eigenvalue weighted by atomic mass is 9.85. The second-order valence-electron chi connectivity index (χ2n) is 7.47. The van der Waals surface area contributed by atoms with Crippen LogP contribution in [0.25, 0.3) is 0 Å². The number of rotatable bonds is 2. The van der Waals surface area contributed by atoms with Crippen LogP contribution in [0.1, 0.15) is 38.2 Å². The predicted molar refractivity (Wildman–Crippen MR) is 81.6 cm³/mol. The van der Waals surface area contributed by atoms with Gasteiger partial charge >= 0.3 is 5.97 Å². The topological polar surface area (TPSA) is 96.6 Å². The summed E-state index contributed by atoms with van der Waals surface area (Å²) in [7, 11) is 0. The molecule has 0 amide bonds. The molecule has 1 saturated carbocycles. The molecule has 1 aromatic heterocycles. The zero-order valence-corrected chi connectivity index (χ0v) is 14.5. The Morgan fingerprint density at radius 2 is 1.56 bits per heavy atom. The average Bonchev–Trinajstić information content (AvgIpc) is 3.19. The first-order valence-corrected chi connectivity index (χ1v) is 8.31. The Balaban J connectivity index is 1.63. The summed E-state index contributed by atoms with van der Waals surface area (Å²) in [5, 5.41) is 10.8. The van der Waals surface area contributed by atoms with Crippen molar-refractivity contribution in [3.8, 4) is 0 Å². The SMILES string of the molecule is CC1(C)O[C@H]2[C@@H]3OC(C)(C)O[C@@H]3[C@@H](O)[C@H](OC(=O)c3ccco3)[C@H]2O1. The molecule has 8 heteroatoms. The zero-order valence-electron chi connectivity index (χ0n) is 14.5. The molecule has 2 aliphatic heterocycles. The smallest absolute Gasteiger partial charge is 0.374 e. The summed E-state index contributed by atoms with van der Waals surface area (Å²) in [4.78, 5) is 12.3. The van der Waals surface area contributed by atoms with E-state index in [1.807, 2.05) is 0 Å². The van der Waals surface area contributed by atoms with Crippen LogP contribution < -0.4 is 0 Å². The van der Waals surface area contributed by atoms with Crippen LogP contribution in [0.3, 0.4) is 0 Å². The second-order valence-corrected chi connectivity index (χ2v) is 7.47. The highest BCUT2D eigenvalue weighted by atomic mass is 16.8. The van der Waals surface area contributed by atoms with Crippen LogP contribution in [-0.2, 0) is 23.7 Å². The molecule has 8 nitrogen and oxygen atoms in total. The minimum Gasteiger partial charge on any atom is -0.457 e. The van der Waals surface area contributed by atoms with Crippen LogP contribution in [-0.4, -0.2) is 59.3 Å². The van der Waals surface area contributed by atoms with E-state index in [0.29, 0.717) is 0 Å². The van der Waals surface area contributed by atoms with Gasteiger partial charge in [-0.3, -0.25) is 0 Å². The van der Waals surface area contributed by atoms with Gasteiger partial charge in [-0.1, -0.05) is 0 Å². The van der Waals surface area contributed by atoms with E-state index in [-0.39, 0.29) is 5.76 Å². The van der Waals surface area contributed by atoms with Gasteiger partial charge in [0.25, 0.3) is 0 Å². The molecule has 0 unspecified atom stereocenters. The summed E-state index contributed by atoms with van der Waals surface area (Å²) in [5.74, 6) is -2.41. The number of hydrogen-bond donors (Lipinski definition) is 1. The van der Waals surface area contributed by atoms with E-state index < -0.39 is 54.2 Å². The predicted octanol–water partition coefficient (Wildman–Crippen LogP) is 1.22. The molecule has 3 heterocycles. The number of aliphatic hydroxyl groups excluding tert-OH is 1. The van der Waals surface area contributed by atoms with Crippen molar-refractivity contribution in [2.75, 3.05) is 0 Å². The van der Waals surface area contributed by atoms with Crippen molar-refractivity contribution < 1.29 is 38.0 Å². The van der Waals surface area contributed by atoms with E-state index in [4.69, 9.17) is 28.1 Å². The summed E-state index contributed by atoms with van der Waals surface area (Å²) in [6.45, 7) is 7.05. The molecule has 1 aromatic rings. The second kappa shape index (κ2) is 5.52. The minimum atomic E-state index is -1.12. The number of carbonyl (C=O) groups is 1. The third kappa shape index (κ3) is 2.88. The molecule has 25 heavy (non-hydrogen) atoms. The van der Waals surface area contributed by atoms with Crippen LogP contribution in [0.15, 0.2) is 22.8 Å². The fraction of sp³-hybridized carbons (Fsp3) is 0.706. The number of carbonyl (C=O) groups excluding carboxylic acids is 1. The first kappa shape index (κ1) is 17.0. The maximum absolute atomic E-state index is 12.3. The van der Waals surface area contributed by atoms with Gasteiger partial charge in [0.1, 0.15) is 30.5 Å². The van der Waals surface area contributed by atoms with Gasteiger partial charge in [0.2, 0.25) is 5.76 Å². The Morgan fingerprint density at radius 3 is 2.16 bits per heavy atom. The lowest BCUT2D eigenvalue weighted by Crippen LogP contribution is -2.62.